The van der Waals surface area contributed by atoms with Gasteiger partial charge in [0, 0.05) is 23.7 Å². The molecule has 0 bridgehead atoms. The quantitative estimate of drug-likeness (QED) is 0.340. The normalized spacial score (nSPS) is 11.2. The minimum Gasteiger partial charge on any atom is -0.496 e. The van der Waals surface area contributed by atoms with E-state index < -0.39 is 0 Å². The van der Waals surface area contributed by atoms with Crippen LogP contribution in [0.5, 0.6) is 5.75 Å². The maximum atomic E-state index is 11.9. The molecular formula is C18H24O5S2. The van der Waals surface area contributed by atoms with Crippen molar-refractivity contribution >= 4 is 39.2 Å². The smallest absolute Gasteiger partial charge is 0.348 e. The van der Waals surface area contributed by atoms with E-state index in [1.54, 1.807) is 25.8 Å². The van der Waals surface area contributed by atoms with Gasteiger partial charge in [0.2, 0.25) is 0 Å². The van der Waals surface area contributed by atoms with Gasteiger partial charge in [0.05, 0.1) is 18.6 Å². The van der Waals surface area contributed by atoms with Crippen molar-refractivity contribution in [2.24, 2.45) is 0 Å². The third kappa shape index (κ3) is 5.34. The summed E-state index contributed by atoms with van der Waals surface area (Å²) in [5, 5.41) is 1.00. The van der Waals surface area contributed by atoms with Crippen LogP contribution in [0.1, 0.15) is 30.4 Å². The molecule has 2 aromatic rings. The number of carbonyl (C=O) groups excluding carboxylic acids is 1. The predicted molar refractivity (Wildman–Crippen MR) is 102 cm³/mol. The molecular weight excluding hydrogens is 360 g/mol. The summed E-state index contributed by atoms with van der Waals surface area (Å²) in [6.45, 7) is 7.28. The van der Waals surface area contributed by atoms with E-state index in [0.29, 0.717) is 30.5 Å². The number of benzene rings is 1. The van der Waals surface area contributed by atoms with Gasteiger partial charge < -0.3 is 18.9 Å². The van der Waals surface area contributed by atoms with Gasteiger partial charge in [-0.25, -0.2) is 4.79 Å². The average molecular weight is 385 g/mol. The number of esters is 1. The van der Waals surface area contributed by atoms with Crippen molar-refractivity contribution < 1.29 is 23.7 Å². The molecule has 0 fully saturated rings. The SMILES string of the molecule is CCOC(=O)c1cc2cc(SCC(OCC)OCC)c(OC)cc2s1. The van der Waals surface area contributed by atoms with Gasteiger partial charge in [-0.15, -0.1) is 23.1 Å². The van der Waals surface area contributed by atoms with E-state index in [2.05, 4.69) is 0 Å². The Morgan fingerprint density at radius 3 is 2.44 bits per heavy atom. The number of thiophene rings is 1. The van der Waals surface area contributed by atoms with Crippen LogP contribution in [0.3, 0.4) is 0 Å². The minimum atomic E-state index is -0.287. The van der Waals surface area contributed by atoms with Gasteiger partial charge in [0.1, 0.15) is 10.6 Å². The fourth-order valence-electron chi connectivity index (χ4n) is 2.30. The Kier molecular flexibility index (Phi) is 8.02. The molecule has 7 heteroatoms. The molecule has 0 saturated heterocycles. The molecule has 1 aromatic carbocycles. The average Bonchev–Trinajstić information content (AvgIpc) is 3.02. The van der Waals surface area contributed by atoms with Crippen molar-refractivity contribution in [3.63, 3.8) is 0 Å². The zero-order valence-corrected chi connectivity index (χ0v) is 16.6. The van der Waals surface area contributed by atoms with E-state index in [1.165, 1.54) is 11.3 Å². The van der Waals surface area contributed by atoms with Gasteiger partial charge in [-0.3, -0.25) is 0 Å². The molecule has 0 saturated carbocycles. The summed E-state index contributed by atoms with van der Waals surface area (Å²) in [7, 11) is 1.65. The number of carbonyl (C=O) groups is 1. The van der Waals surface area contributed by atoms with Gasteiger partial charge in [-0.2, -0.15) is 0 Å². The maximum absolute atomic E-state index is 11.9. The van der Waals surface area contributed by atoms with Crippen molar-refractivity contribution in [3.05, 3.63) is 23.1 Å². The lowest BCUT2D eigenvalue weighted by Gasteiger charge is -2.17. The van der Waals surface area contributed by atoms with Crippen LogP contribution in [0.2, 0.25) is 0 Å². The molecule has 0 radical (unpaired) electrons. The molecule has 1 heterocycles. The highest BCUT2D eigenvalue weighted by atomic mass is 32.2. The van der Waals surface area contributed by atoms with Crippen molar-refractivity contribution in [1.82, 2.24) is 0 Å². The Balaban J connectivity index is 2.22. The lowest BCUT2D eigenvalue weighted by molar-refractivity contribution is -0.120. The summed E-state index contributed by atoms with van der Waals surface area (Å²) in [4.78, 5) is 13.5. The molecule has 25 heavy (non-hydrogen) atoms. The molecule has 0 atom stereocenters. The second-order valence-electron chi connectivity index (χ2n) is 5.02. The van der Waals surface area contributed by atoms with Crippen LogP contribution in [-0.4, -0.2) is 44.9 Å². The van der Waals surface area contributed by atoms with E-state index in [-0.39, 0.29) is 12.3 Å². The van der Waals surface area contributed by atoms with Crippen molar-refractivity contribution in [1.29, 1.82) is 0 Å². The number of methoxy groups -OCH3 is 1. The van der Waals surface area contributed by atoms with E-state index >= 15 is 0 Å². The maximum Gasteiger partial charge on any atom is 0.348 e. The first-order valence-corrected chi connectivity index (χ1v) is 10.1. The highest BCUT2D eigenvalue weighted by molar-refractivity contribution is 7.99. The largest absolute Gasteiger partial charge is 0.496 e. The highest BCUT2D eigenvalue weighted by Gasteiger charge is 2.16. The molecule has 1 aromatic heterocycles. The predicted octanol–water partition coefficient (Wildman–Crippen LogP) is 4.58. The first-order chi connectivity index (χ1) is 12.1. The van der Waals surface area contributed by atoms with Crippen molar-refractivity contribution in [2.75, 3.05) is 32.7 Å². The van der Waals surface area contributed by atoms with Gasteiger partial charge >= 0.3 is 5.97 Å². The molecule has 138 valence electrons. The summed E-state index contributed by atoms with van der Waals surface area (Å²) in [5.41, 5.74) is 0. The van der Waals surface area contributed by atoms with E-state index in [4.69, 9.17) is 18.9 Å². The molecule has 0 amide bonds. The fraction of sp³-hybridized carbons (Fsp3) is 0.500. The molecule has 0 unspecified atom stereocenters. The number of rotatable bonds is 10. The van der Waals surface area contributed by atoms with Gasteiger partial charge in [-0.05, 0) is 44.4 Å². The molecule has 5 nitrogen and oxygen atoms in total. The van der Waals surface area contributed by atoms with Crippen LogP contribution in [0.25, 0.3) is 10.1 Å². The number of hydrogen-bond acceptors (Lipinski definition) is 7. The molecule has 0 spiro atoms. The van der Waals surface area contributed by atoms with E-state index in [1.807, 2.05) is 32.0 Å². The van der Waals surface area contributed by atoms with Crippen LogP contribution in [0, 0.1) is 0 Å². The fourth-order valence-corrected chi connectivity index (χ4v) is 4.27. The lowest BCUT2D eigenvalue weighted by Crippen LogP contribution is -2.20. The van der Waals surface area contributed by atoms with Crippen molar-refractivity contribution in [3.8, 4) is 5.75 Å². The first-order valence-electron chi connectivity index (χ1n) is 8.27. The minimum absolute atomic E-state index is 0.252. The summed E-state index contributed by atoms with van der Waals surface area (Å²) < 4.78 is 22.8. The third-order valence-electron chi connectivity index (χ3n) is 3.36. The standard InChI is InChI=1S/C18H24O5S2/c1-5-21-17(22-6-2)11-24-15-8-12-9-16(18(19)23-7-3)25-14(12)10-13(15)20-4/h8-10,17H,5-7,11H2,1-4H3. The highest BCUT2D eigenvalue weighted by Crippen LogP contribution is 2.37. The lowest BCUT2D eigenvalue weighted by atomic mass is 10.2. The third-order valence-corrected chi connectivity index (χ3v) is 5.51. The van der Waals surface area contributed by atoms with Gasteiger partial charge in [-0.1, -0.05) is 0 Å². The van der Waals surface area contributed by atoms with Crippen LogP contribution >= 0.6 is 23.1 Å². The summed E-state index contributed by atoms with van der Waals surface area (Å²) in [6, 6.07) is 5.86. The Bertz CT molecular complexity index is 692. The summed E-state index contributed by atoms with van der Waals surface area (Å²) in [6.07, 6.45) is -0.252. The Morgan fingerprint density at radius 1 is 1.12 bits per heavy atom. The van der Waals surface area contributed by atoms with E-state index in [0.717, 1.165) is 20.7 Å². The number of ether oxygens (including phenoxy) is 4. The number of fused-ring (bicyclic) bond motifs is 1. The number of thioether (sulfide) groups is 1. The number of hydrogen-bond donors (Lipinski definition) is 0. The zero-order chi connectivity index (χ0) is 18.2. The van der Waals surface area contributed by atoms with Crippen LogP contribution in [-0.2, 0) is 14.2 Å². The van der Waals surface area contributed by atoms with Crippen LogP contribution in [0.15, 0.2) is 23.1 Å². The Labute approximate surface area is 156 Å². The molecule has 2 rings (SSSR count). The van der Waals surface area contributed by atoms with E-state index in [9.17, 15) is 4.79 Å². The molecule has 0 N–H and O–H groups in total. The molecule has 0 aliphatic carbocycles. The first kappa shape index (κ1) is 20.0. The van der Waals surface area contributed by atoms with Crippen LogP contribution < -0.4 is 4.74 Å². The second kappa shape index (κ2) is 10.0. The van der Waals surface area contributed by atoms with Gasteiger partial charge in [0.15, 0.2) is 6.29 Å². The van der Waals surface area contributed by atoms with Crippen molar-refractivity contribution in [2.45, 2.75) is 32.0 Å². The van der Waals surface area contributed by atoms with Crippen LogP contribution in [0.4, 0.5) is 0 Å². The monoisotopic (exact) mass is 384 g/mol. The zero-order valence-electron chi connectivity index (χ0n) is 15.0. The molecule has 0 aliphatic heterocycles. The Morgan fingerprint density at radius 2 is 1.84 bits per heavy atom. The topological polar surface area (TPSA) is 54.0 Å². The second-order valence-corrected chi connectivity index (χ2v) is 7.17. The Hall–Kier alpha value is -1.28. The summed E-state index contributed by atoms with van der Waals surface area (Å²) >= 11 is 3.03. The van der Waals surface area contributed by atoms with Gasteiger partial charge in [0.25, 0.3) is 0 Å². The molecule has 0 aliphatic rings. The summed E-state index contributed by atoms with van der Waals surface area (Å²) in [5.74, 6) is 1.16.